The molecule has 1 amide bonds. The Labute approximate surface area is 123 Å². The lowest BCUT2D eigenvalue weighted by atomic mass is 10.1. The summed E-state index contributed by atoms with van der Waals surface area (Å²) in [6.45, 7) is 1.65. The normalized spacial score (nSPS) is 17.4. The minimum atomic E-state index is 0.0466. The number of ether oxygens (including phenoxy) is 1. The topological polar surface area (TPSA) is 63.2 Å². The van der Waals surface area contributed by atoms with Gasteiger partial charge in [0, 0.05) is 30.6 Å². The van der Waals surface area contributed by atoms with Gasteiger partial charge in [-0.3, -0.25) is 4.79 Å². The van der Waals surface area contributed by atoms with E-state index < -0.39 is 0 Å². The molecule has 0 bridgehead atoms. The van der Waals surface area contributed by atoms with E-state index >= 15 is 0 Å². The third-order valence-corrected chi connectivity index (χ3v) is 3.39. The van der Waals surface area contributed by atoms with E-state index in [0.29, 0.717) is 11.6 Å². The molecule has 1 unspecified atom stereocenters. The third-order valence-electron chi connectivity index (χ3n) is 3.39. The minimum Gasteiger partial charge on any atom is -0.439 e. The number of hydrogen-bond donors (Lipinski definition) is 2. The maximum absolute atomic E-state index is 12.1. The van der Waals surface area contributed by atoms with Crippen molar-refractivity contribution in [1.29, 1.82) is 0 Å². The molecule has 1 aliphatic rings. The van der Waals surface area contributed by atoms with Gasteiger partial charge < -0.3 is 15.4 Å². The second-order valence-electron chi connectivity index (χ2n) is 4.98. The highest BCUT2D eigenvalue weighted by Crippen LogP contribution is 2.23. The molecule has 5 nitrogen and oxygen atoms in total. The summed E-state index contributed by atoms with van der Waals surface area (Å²) in [6.07, 6.45) is 2.56. The van der Waals surface area contributed by atoms with Crippen molar-refractivity contribution in [3.05, 3.63) is 48.7 Å². The van der Waals surface area contributed by atoms with Crippen LogP contribution in [0.15, 0.2) is 48.7 Å². The molecular formula is C16H17N3O2. The Morgan fingerprint density at radius 1 is 1.29 bits per heavy atom. The highest BCUT2D eigenvalue weighted by molar-refractivity contribution is 5.93. The highest BCUT2D eigenvalue weighted by Gasteiger charge is 2.22. The zero-order valence-electron chi connectivity index (χ0n) is 11.6. The van der Waals surface area contributed by atoms with Crippen molar-refractivity contribution in [2.75, 3.05) is 18.4 Å². The lowest BCUT2D eigenvalue weighted by molar-refractivity contribution is -0.119. The first-order chi connectivity index (χ1) is 10.3. The fraction of sp³-hybridized carbons (Fsp3) is 0.250. The lowest BCUT2D eigenvalue weighted by Gasteiger charge is -2.11. The Bertz CT molecular complexity index is 610. The number of amides is 1. The van der Waals surface area contributed by atoms with Gasteiger partial charge in [0.25, 0.3) is 0 Å². The van der Waals surface area contributed by atoms with Crippen LogP contribution in [0.2, 0.25) is 0 Å². The van der Waals surface area contributed by atoms with E-state index in [1.165, 1.54) is 0 Å². The number of nitrogens with zero attached hydrogens (tertiary/aromatic N) is 1. The van der Waals surface area contributed by atoms with E-state index in [9.17, 15) is 4.79 Å². The first kappa shape index (κ1) is 13.6. The minimum absolute atomic E-state index is 0.0466. The molecule has 3 rings (SSSR count). The molecule has 1 atom stereocenters. The number of hydrogen-bond acceptors (Lipinski definition) is 4. The SMILES string of the molecule is O=C(Nc1cccc(Oc2ccccn2)c1)C1CCNC1. The molecule has 0 spiro atoms. The zero-order valence-corrected chi connectivity index (χ0v) is 11.6. The predicted molar refractivity (Wildman–Crippen MR) is 80.4 cm³/mol. The van der Waals surface area contributed by atoms with E-state index in [1.807, 2.05) is 30.3 Å². The number of pyridine rings is 1. The van der Waals surface area contributed by atoms with Gasteiger partial charge in [0.15, 0.2) is 0 Å². The largest absolute Gasteiger partial charge is 0.439 e. The Kier molecular flexibility index (Phi) is 4.12. The smallest absolute Gasteiger partial charge is 0.228 e. The number of rotatable bonds is 4. The quantitative estimate of drug-likeness (QED) is 0.904. The number of aromatic nitrogens is 1. The Morgan fingerprint density at radius 2 is 2.24 bits per heavy atom. The second-order valence-corrected chi connectivity index (χ2v) is 4.98. The van der Waals surface area contributed by atoms with Crippen molar-refractivity contribution >= 4 is 11.6 Å². The highest BCUT2D eigenvalue weighted by atomic mass is 16.5. The van der Waals surface area contributed by atoms with Crippen molar-refractivity contribution < 1.29 is 9.53 Å². The van der Waals surface area contributed by atoms with E-state index in [2.05, 4.69) is 15.6 Å². The van der Waals surface area contributed by atoms with Gasteiger partial charge in [-0.05, 0) is 31.2 Å². The molecule has 1 aromatic carbocycles. The Hall–Kier alpha value is -2.40. The van der Waals surface area contributed by atoms with Gasteiger partial charge in [0.05, 0.1) is 5.92 Å². The standard InChI is InChI=1S/C16H17N3O2/c20-16(12-7-9-17-11-12)19-13-4-3-5-14(10-13)21-15-6-1-2-8-18-15/h1-6,8,10,12,17H,7,9,11H2,(H,19,20). The molecule has 21 heavy (non-hydrogen) atoms. The van der Waals surface area contributed by atoms with Crippen molar-refractivity contribution in [1.82, 2.24) is 10.3 Å². The summed E-state index contributed by atoms with van der Waals surface area (Å²) in [5.41, 5.74) is 0.736. The Morgan fingerprint density at radius 3 is 3.00 bits per heavy atom. The number of carbonyl (C=O) groups is 1. The lowest BCUT2D eigenvalue weighted by Crippen LogP contribution is -2.24. The molecule has 0 radical (unpaired) electrons. The summed E-state index contributed by atoms with van der Waals surface area (Å²) in [4.78, 5) is 16.2. The van der Waals surface area contributed by atoms with E-state index in [1.54, 1.807) is 18.3 Å². The maximum atomic E-state index is 12.1. The summed E-state index contributed by atoms with van der Waals surface area (Å²) in [6, 6.07) is 12.8. The zero-order chi connectivity index (χ0) is 14.5. The molecule has 1 aliphatic heterocycles. The molecule has 1 fully saturated rings. The molecular weight excluding hydrogens is 266 g/mol. The van der Waals surface area contributed by atoms with Crippen molar-refractivity contribution in [2.24, 2.45) is 5.92 Å². The van der Waals surface area contributed by atoms with Gasteiger partial charge in [0.2, 0.25) is 11.8 Å². The van der Waals surface area contributed by atoms with Crippen LogP contribution < -0.4 is 15.4 Å². The first-order valence-corrected chi connectivity index (χ1v) is 7.02. The Balaban J connectivity index is 1.66. The van der Waals surface area contributed by atoms with Crippen molar-refractivity contribution in [3.8, 4) is 11.6 Å². The third kappa shape index (κ3) is 3.58. The fourth-order valence-electron chi connectivity index (χ4n) is 2.29. The number of carbonyl (C=O) groups excluding carboxylic acids is 1. The monoisotopic (exact) mass is 283 g/mol. The second kappa shape index (κ2) is 6.37. The average molecular weight is 283 g/mol. The summed E-state index contributed by atoms with van der Waals surface area (Å²) in [5, 5.41) is 6.12. The van der Waals surface area contributed by atoms with Gasteiger partial charge in [-0.1, -0.05) is 12.1 Å². The van der Waals surface area contributed by atoms with Crippen LogP contribution in [0, 0.1) is 5.92 Å². The maximum Gasteiger partial charge on any atom is 0.228 e. The van der Waals surface area contributed by atoms with Crippen molar-refractivity contribution in [2.45, 2.75) is 6.42 Å². The molecule has 0 aliphatic carbocycles. The summed E-state index contributed by atoms with van der Waals surface area (Å²) in [5.74, 6) is 1.28. The molecule has 1 aromatic heterocycles. The van der Waals surface area contributed by atoms with Crippen LogP contribution in [0.5, 0.6) is 11.6 Å². The molecule has 2 N–H and O–H groups in total. The van der Waals surface area contributed by atoms with Gasteiger partial charge in [-0.25, -0.2) is 4.98 Å². The summed E-state index contributed by atoms with van der Waals surface area (Å²) < 4.78 is 5.65. The van der Waals surface area contributed by atoms with Crippen LogP contribution in [0.3, 0.4) is 0 Å². The molecule has 108 valence electrons. The summed E-state index contributed by atoms with van der Waals surface area (Å²) in [7, 11) is 0. The molecule has 2 aromatic rings. The number of benzene rings is 1. The average Bonchev–Trinajstić information content (AvgIpc) is 3.03. The van der Waals surface area contributed by atoms with Crippen LogP contribution in [-0.4, -0.2) is 24.0 Å². The van der Waals surface area contributed by atoms with Gasteiger partial charge in [-0.2, -0.15) is 0 Å². The van der Waals surface area contributed by atoms with E-state index in [0.717, 1.165) is 25.2 Å². The van der Waals surface area contributed by atoms with Gasteiger partial charge >= 0.3 is 0 Å². The fourth-order valence-corrected chi connectivity index (χ4v) is 2.29. The van der Waals surface area contributed by atoms with E-state index in [-0.39, 0.29) is 11.8 Å². The molecule has 2 heterocycles. The van der Waals surface area contributed by atoms with Gasteiger partial charge in [-0.15, -0.1) is 0 Å². The van der Waals surface area contributed by atoms with Crippen LogP contribution in [-0.2, 0) is 4.79 Å². The van der Waals surface area contributed by atoms with Crippen LogP contribution in [0.4, 0.5) is 5.69 Å². The van der Waals surface area contributed by atoms with Crippen LogP contribution in [0.1, 0.15) is 6.42 Å². The van der Waals surface area contributed by atoms with E-state index in [4.69, 9.17) is 4.74 Å². The van der Waals surface area contributed by atoms with Crippen LogP contribution >= 0.6 is 0 Å². The first-order valence-electron chi connectivity index (χ1n) is 7.02. The molecule has 0 saturated carbocycles. The van der Waals surface area contributed by atoms with Crippen LogP contribution in [0.25, 0.3) is 0 Å². The predicted octanol–water partition coefficient (Wildman–Crippen LogP) is 2.42. The molecule has 5 heteroatoms. The van der Waals surface area contributed by atoms with Gasteiger partial charge in [0.1, 0.15) is 5.75 Å². The number of nitrogens with one attached hydrogen (secondary N) is 2. The number of anilines is 1. The molecule has 1 saturated heterocycles. The summed E-state index contributed by atoms with van der Waals surface area (Å²) >= 11 is 0. The van der Waals surface area contributed by atoms with Crippen molar-refractivity contribution in [3.63, 3.8) is 0 Å².